The van der Waals surface area contributed by atoms with Crippen LogP contribution in [0.1, 0.15) is 11.1 Å². The van der Waals surface area contributed by atoms with E-state index < -0.39 is 5.97 Å². The number of benzene rings is 2. The van der Waals surface area contributed by atoms with E-state index in [1.54, 1.807) is 30.3 Å². The maximum atomic E-state index is 11.9. The second kappa shape index (κ2) is 8.38. The molecular formula is C18H17NO4. The van der Waals surface area contributed by atoms with Gasteiger partial charge in [-0.3, -0.25) is 0 Å². The summed E-state index contributed by atoms with van der Waals surface area (Å²) < 4.78 is 10.5. The average molecular weight is 311 g/mol. The van der Waals surface area contributed by atoms with Gasteiger partial charge in [-0.2, -0.15) is 0 Å². The largest absolute Gasteiger partial charge is 0.488 e. The van der Waals surface area contributed by atoms with E-state index in [2.05, 4.69) is 5.16 Å². The van der Waals surface area contributed by atoms with Gasteiger partial charge in [-0.15, -0.1) is 0 Å². The second-order valence-electron chi connectivity index (χ2n) is 4.64. The zero-order chi connectivity index (χ0) is 16.5. The van der Waals surface area contributed by atoms with Crippen LogP contribution in [0.3, 0.4) is 0 Å². The highest BCUT2D eigenvalue weighted by molar-refractivity contribution is 5.94. The maximum absolute atomic E-state index is 11.9. The van der Waals surface area contributed by atoms with E-state index in [4.69, 9.17) is 14.7 Å². The van der Waals surface area contributed by atoms with Crippen molar-refractivity contribution in [2.24, 2.45) is 5.16 Å². The first-order chi connectivity index (χ1) is 11.2. The predicted octanol–water partition coefficient (Wildman–Crippen LogP) is 3.13. The number of oxime groups is 1. The van der Waals surface area contributed by atoms with Gasteiger partial charge in [-0.25, -0.2) is 4.79 Å². The van der Waals surface area contributed by atoms with Crippen molar-refractivity contribution in [1.29, 1.82) is 0 Å². The fourth-order valence-electron chi connectivity index (χ4n) is 1.98. The van der Waals surface area contributed by atoms with Crippen LogP contribution in [0.2, 0.25) is 0 Å². The number of carbonyl (C=O) groups is 1. The van der Waals surface area contributed by atoms with E-state index in [9.17, 15) is 4.79 Å². The molecular weight excluding hydrogens is 294 g/mol. The lowest BCUT2D eigenvalue weighted by molar-refractivity contribution is -0.136. The summed E-state index contributed by atoms with van der Waals surface area (Å²) in [6, 6.07) is 16.5. The van der Waals surface area contributed by atoms with Gasteiger partial charge in [0, 0.05) is 5.56 Å². The van der Waals surface area contributed by atoms with Crippen LogP contribution in [0.15, 0.2) is 65.3 Å². The number of esters is 1. The van der Waals surface area contributed by atoms with Gasteiger partial charge >= 0.3 is 5.97 Å². The molecule has 0 aliphatic heterocycles. The van der Waals surface area contributed by atoms with Crippen LogP contribution in [0, 0.1) is 0 Å². The second-order valence-corrected chi connectivity index (χ2v) is 4.64. The first kappa shape index (κ1) is 16.3. The Morgan fingerprint density at radius 2 is 1.83 bits per heavy atom. The molecule has 0 unspecified atom stereocenters. The number of para-hydroxylation sites is 1. The molecule has 0 heterocycles. The van der Waals surface area contributed by atoms with Gasteiger partial charge < -0.3 is 14.7 Å². The zero-order valence-corrected chi connectivity index (χ0v) is 12.7. The number of carbonyl (C=O) groups excluding carboxylic acids is 1. The van der Waals surface area contributed by atoms with Crippen LogP contribution in [0.5, 0.6) is 5.75 Å². The van der Waals surface area contributed by atoms with E-state index in [1.807, 2.05) is 30.3 Å². The third kappa shape index (κ3) is 4.71. The smallest absolute Gasteiger partial charge is 0.337 e. The molecule has 0 atom stereocenters. The summed E-state index contributed by atoms with van der Waals surface area (Å²) >= 11 is 0. The lowest BCUT2D eigenvalue weighted by atomic mass is 10.1. The highest BCUT2D eigenvalue weighted by Gasteiger charge is 2.12. The highest BCUT2D eigenvalue weighted by Crippen LogP contribution is 2.18. The molecule has 0 radical (unpaired) electrons. The lowest BCUT2D eigenvalue weighted by Gasteiger charge is -2.10. The quantitative estimate of drug-likeness (QED) is 0.292. The Morgan fingerprint density at radius 3 is 2.52 bits per heavy atom. The Bertz CT molecular complexity index is 708. The monoisotopic (exact) mass is 311 g/mol. The Kier molecular flexibility index (Phi) is 5.94. The number of ether oxygens (including phenoxy) is 2. The van der Waals surface area contributed by atoms with E-state index in [0.717, 1.165) is 5.56 Å². The summed E-state index contributed by atoms with van der Waals surface area (Å²) in [5.41, 5.74) is 1.87. The molecule has 23 heavy (non-hydrogen) atoms. The summed E-state index contributed by atoms with van der Waals surface area (Å²) in [5, 5.41) is 11.7. The minimum absolute atomic E-state index is 0.0395. The molecule has 0 aliphatic carbocycles. The number of rotatable bonds is 6. The Balaban J connectivity index is 2.20. The van der Waals surface area contributed by atoms with Gasteiger partial charge in [-0.05, 0) is 23.8 Å². The molecule has 118 valence electrons. The van der Waals surface area contributed by atoms with Gasteiger partial charge in [0.05, 0.1) is 18.9 Å². The molecule has 0 bridgehead atoms. The van der Waals surface area contributed by atoms with Crippen LogP contribution in [0.4, 0.5) is 0 Å². The number of hydrogen-bond donors (Lipinski definition) is 1. The standard InChI is InChI=1S/C18H17NO4/c1-22-18(20)16(11-14-7-3-2-4-8-14)13-23-17-10-6-5-9-15(17)12-19-21/h2-12,21H,13H2,1H3/b16-11+,19-12+. The van der Waals surface area contributed by atoms with Crippen molar-refractivity contribution in [2.45, 2.75) is 0 Å². The molecule has 5 heteroatoms. The minimum Gasteiger partial charge on any atom is -0.488 e. The van der Waals surface area contributed by atoms with Crippen LogP contribution in [-0.2, 0) is 9.53 Å². The van der Waals surface area contributed by atoms with Crippen molar-refractivity contribution in [3.63, 3.8) is 0 Å². The summed E-state index contributed by atoms with van der Waals surface area (Å²) in [5.74, 6) is 0.0512. The van der Waals surface area contributed by atoms with Gasteiger partial charge in [0.2, 0.25) is 0 Å². The number of methoxy groups -OCH3 is 1. The van der Waals surface area contributed by atoms with Crippen LogP contribution in [-0.4, -0.2) is 31.1 Å². The predicted molar refractivity (Wildman–Crippen MR) is 87.8 cm³/mol. The topological polar surface area (TPSA) is 68.1 Å². The lowest BCUT2D eigenvalue weighted by Crippen LogP contribution is -2.13. The average Bonchev–Trinajstić information content (AvgIpc) is 2.60. The van der Waals surface area contributed by atoms with Gasteiger partial charge in [0.15, 0.2) is 0 Å². The summed E-state index contributed by atoms with van der Waals surface area (Å²) in [7, 11) is 1.33. The number of hydrogen-bond acceptors (Lipinski definition) is 5. The molecule has 2 rings (SSSR count). The van der Waals surface area contributed by atoms with Crippen molar-refractivity contribution >= 4 is 18.3 Å². The van der Waals surface area contributed by atoms with E-state index in [1.165, 1.54) is 13.3 Å². The van der Waals surface area contributed by atoms with Crippen LogP contribution in [0.25, 0.3) is 6.08 Å². The first-order valence-corrected chi connectivity index (χ1v) is 6.98. The molecule has 0 fully saturated rings. The zero-order valence-electron chi connectivity index (χ0n) is 12.7. The molecule has 0 spiro atoms. The first-order valence-electron chi connectivity index (χ1n) is 6.98. The van der Waals surface area contributed by atoms with Crippen LogP contribution < -0.4 is 4.74 Å². The maximum Gasteiger partial charge on any atom is 0.337 e. The van der Waals surface area contributed by atoms with Crippen molar-refractivity contribution in [1.82, 2.24) is 0 Å². The third-order valence-electron chi connectivity index (χ3n) is 3.09. The summed E-state index contributed by atoms with van der Waals surface area (Å²) in [4.78, 5) is 11.9. The van der Waals surface area contributed by atoms with Crippen molar-refractivity contribution in [2.75, 3.05) is 13.7 Å². The molecule has 1 N–H and O–H groups in total. The fraction of sp³-hybridized carbons (Fsp3) is 0.111. The highest BCUT2D eigenvalue weighted by atomic mass is 16.5. The summed E-state index contributed by atoms with van der Waals surface area (Å²) in [6.45, 7) is 0.0395. The Labute approximate surface area is 134 Å². The Hall–Kier alpha value is -3.08. The summed E-state index contributed by atoms with van der Waals surface area (Å²) in [6.07, 6.45) is 2.99. The van der Waals surface area contributed by atoms with Crippen molar-refractivity contribution < 1.29 is 19.5 Å². The van der Waals surface area contributed by atoms with Crippen molar-refractivity contribution in [3.8, 4) is 5.75 Å². The molecule has 0 amide bonds. The van der Waals surface area contributed by atoms with Crippen LogP contribution >= 0.6 is 0 Å². The third-order valence-corrected chi connectivity index (χ3v) is 3.09. The molecule has 5 nitrogen and oxygen atoms in total. The SMILES string of the molecule is COC(=O)/C(=C/c1ccccc1)COc1ccccc1/C=N/O. The molecule has 2 aromatic rings. The molecule has 0 aliphatic rings. The van der Waals surface area contributed by atoms with Gasteiger partial charge in [0.1, 0.15) is 12.4 Å². The molecule has 2 aromatic carbocycles. The van der Waals surface area contributed by atoms with E-state index in [-0.39, 0.29) is 6.61 Å². The number of nitrogens with zero attached hydrogens (tertiary/aromatic N) is 1. The molecule has 0 aromatic heterocycles. The van der Waals surface area contributed by atoms with Gasteiger partial charge in [-0.1, -0.05) is 47.6 Å². The molecule has 0 saturated heterocycles. The normalized spacial score (nSPS) is 11.4. The Morgan fingerprint density at radius 1 is 1.13 bits per heavy atom. The fourth-order valence-corrected chi connectivity index (χ4v) is 1.98. The van der Waals surface area contributed by atoms with E-state index >= 15 is 0 Å². The minimum atomic E-state index is -0.456. The van der Waals surface area contributed by atoms with Crippen molar-refractivity contribution in [3.05, 3.63) is 71.3 Å². The molecule has 0 saturated carbocycles. The van der Waals surface area contributed by atoms with Gasteiger partial charge in [0.25, 0.3) is 0 Å². The van der Waals surface area contributed by atoms with E-state index in [0.29, 0.717) is 16.9 Å².